The molecule has 0 rings (SSSR count). The van der Waals surface area contributed by atoms with Crippen molar-refractivity contribution in [3.63, 3.8) is 0 Å². The highest BCUT2D eigenvalue weighted by Crippen LogP contribution is 2.25. The van der Waals surface area contributed by atoms with Gasteiger partial charge in [0.05, 0.1) is 24.0 Å². The van der Waals surface area contributed by atoms with Gasteiger partial charge in [-0.25, -0.2) is 0 Å². The van der Waals surface area contributed by atoms with Crippen molar-refractivity contribution in [1.29, 1.82) is 0 Å². The fraction of sp³-hybridized carbons (Fsp3) is 0.786. The molecule has 23 heavy (non-hydrogen) atoms. The Morgan fingerprint density at radius 1 is 0.783 bits per heavy atom. The molecule has 0 fully saturated rings. The normalized spacial score (nSPS) is 11.0. The van der Waals surface area contributed by atoms with E-state index in [4.69, 9.17) is 14.2 Å². The molecule has 0 atom stereocenters. The van der Waals surface area contributed by atoms with Crippen LogP contribution in [0.1, 0.15) is 26.2 Å². The molecule has 0 unspecified atom stereocenters. The van der Waals surface area contributed by atoms with Crippen LogP contribution in [0.3, 0.4) is 0 Å². The highest BCUT2D eigenvalue weighted by atomic mass is 32.1. The van der Waals surface area contributed by atoms with Crippen LogP contribution >= 0.6 is 37.9 Å². The highest BCUT2D eigenvalue weighted by molar-refractivity contribution is 7.81. The van der Waals surface area contributed by atoms with E-state index >= 15 is 0 Å². The van der Waals surface area contributed by atoms with Gasteiger partial charge in [0.2, 0.25) is 0 Å². The van der Waals surface area contributed by atoms with Crippen molar-refractivity contribution in [2.24, 2.45) is 5.41 Å². The minimum atomic E-state index is -0.781. The summed E-state index contributed by atoms with van der Waals surface area (Å²) in [6.07, 6.45) is 0.854. The van der Waals surface area contributed by atoms with Crippen LogP contribution in [0.4, 0.5) is 0 Å². The van der Waals surface area contributed by atoms with Crippen LogP contribution in [0, 0.1) is 5.41 Å². The molecule has 0 aromatic heterocycles. The first-order valence-electron chi connectivity index (χ1n) is 7.22. The zero-order valence-electron chi connectivity index (χ0n) is 13.2. The second-order valence-electron chi connectivity index (χ2n) is 4.94. The number of thiol groups is 3. The van der Waals surface area contributed by atoms with Gasteiger partial charge in [0.1, 0.15) is 19.8 Å². The quantitative estimate of drug-likeness (QED) is 0.269. The predicted octanol–water partition coefficient (Wildman–Crippen LogP) is 1.58. The van der Waals surface area contributed by atoms with Gasteiger partial charge in [-0.1, -0.05) is 6.92 Å². The summed E-state index contributed by atoms with van der Waals surface area (Å²) in [6.45, 7) is 1.80. The van der Waals surface area contributed by atoms with Crippen LogP contribution in [0.5, 0.6) is 0 Å². The molecule has 0 heterocycles. The Morgan fingerprint density at radius 2 is 1.17 bits per heavy atom. The number of carbonyl (C=O) groups is 3. The van der Waals surface area contributed by atoms with Crippen LogP contribution in [0.15, 0.2) is 0 Å². The van der Waals surface area contributed by atoms with Gasteiger partial charge in [-0.15, -0.1) is 0 Å². The lowest BCUT2D eigenvalue weighted by molar-refractivity contribution is -0.160. The van der Waals surface area contributed by atoms with Gasteiger partial charge in [-0.2, -0.15) is 37.9 Å². The first kappa shape index (κ1) is 22.5. The van der Waals surface area contributed by atoms with Crippen molar-refractivity contribution < 1.29 is 28.6 Å². The van der Waals surface area contributed by atoms with Crippen LogP contribution in [-0.2, 0) is 28.6 Å². The summed E-state index contributed by atoms with van der Waals surface area (Å²) in [5, 5.41) is 0. The Kier molecular flexibility index (Phi) is 12.5. The van der Waals surface area contributed by atoms with Gasteiger partial charge in [-0.3, -0.25) is 14.4 Å². The van der Waals surface area contributed by atoms with E-state index in [2.05, 4.69) is 37.9 Å². The van der Waals surface area contributed by atoms with Crippen molar-refractivity contribution in [2.45, 2.75) is 26.2 Å². The van der Waals surface area contributed by atoms with Crippen molar-refractivity contribution in [1.82, 2.24) is 0 Å². The first-order chi connectivity index (χ1) is 10.9. The molecule has 134 valence electrons. The van der Waals surface area contributed by atoms with E-state index in [9.17, 15) is 14.4 Å². The lowest BCUT2D eigenvalue weighted by atomic mass is 9.88. The largest absolute Gasteiger partial charge is 0.465 e. The van der Waals surface area contributed by atoms with Crippen LogP contribution in [0.25, 0.3) is 0 Å². The Labute approximate surface area is 153 Å². The lowest BCUT2D eigenvalue weighted by Crippen LogP contribution is -2.39. The summed E-state index contributed by atoms with van der Waals surface area (Å²) in [5.74, 6) is -0.597. The zero-order valence-corrected chi connectivity index (χ0v) is 15.8. The summed E-state index contributed by atoms with van der Waals surface area (Å²) in [5.41, 5.74) is -0.781. The Morgan fingerprint density at radius 3 is 1.48 bits per heavy atom. The summed E-state index contributed by atoms with van der Waals surface area (Å²) in [6, 6.07) is 0. The van der Waals surface area contributed by atoms with Gasteiger partial charge in [0.25, 0.3) is 0 Å². The minimum Gasteiger partial charge on any atom is -0.465 e. The molecule has 0 saturated carbocycles. The topological polar surface area (TPSA) is 78.9 Å². The maximum absolute atomic E-state index is 11.5. The van der Waals surface area contributed by atoms with Gasteiger partial charge in [0.15, 0.2) is 0 Å². The molecule has 9 heteroatoms. The third-order valence-corrected chi connectivity index (χ3v) is 3.83. The van der Waals surface area contributed by atoms with E-state index in [1.54, 1.807) is 0 Å². The molecular formula is C14H24O6S3. The Balaban J connectivity index is 4.79. The molecule has 0 N–H and O–H groups in total. The number of hydrogen-bond acceptors (Lipinski definition) is 9. The molecule has 0 aliphatic carbocycles. The van der Waals surface area contributed by atoms with E-state index in [0.29, 0.717) is 17.9 Å². The first-order valence-corrected chi connectivity index (χ1v) is 9.12. The number of carbonyl (C=O) groups excluding carboxylic acids is 3. The average molecular weight is 385 g/mol. The molecule has 0 aliphatic rings. The van der Waals surface area contributed by atoms with E-state index in [-0.39, 0.29) is 38.4 Å². The van der Waals surface area contributed by atoms with E-state index < -0.39 is 23.3 Å². The summed E-state index contributed by atoms with van der Waals surface area (Å²) >= 11 is 11.8. The molecule has 0 aromatic rings. The standard InChI is InChI=1S/C14H24O6S3/c1-2-14(10-20-13(17)7-23,8-18-11(15)3-5-21)9-19-12(16)4-6-22/h21-23H,2-10H2,1H3. The monoisotopic (exact) mass is 384 g/mol. The molecule has 0 spiro atoms. The maximum atomic E-state index is 11.5. The molecule has 6 nitrogen and oxygen atoms in total. The van der Waals surface area contributed by atoms with Crippen LogP contribution in [0.2, 0.25) is 0 Å². The molecule has 0 bridgehead atoms. The zero-order chi connectivity index (χ0) is 17.7. The van der Waals surface area contributed by atoms with E-state index in [1.165, 1.54) is 0 Å². The second kappa shape index (κ2) is 12.8. The maximum Gasteiger partial charge on any atom is 0.315 e. The average Bonchev–Trinajstić information content (AvgIpc) is 2.55. The SMILES string of the molecule is CCC(COC(=O)CS)(COC(=O)CCS)COC(=O)CCS. The van der Waals surface area contributed by atoms with Crippen LogP contribution in [-0.4, -0.2) is 55.0 Å². The van der Waals surface area contributed by atoms with Gasteiger partial charge in [-0.05, 0) is 6.42 Å². The van der Waals surface area contributed by atoms with Gasteiger partial charge < -0.3 is 14.2 Å². The molecule has 0 aliphatic heterocycles. The van der Waals surface area contributed by atoms with E-state index in [0.717, 1.165) is 0 Å². The van der Waals surface area contributed by atoms with Crippen LogP contribution < -0.4 is 0 Å². The van der Waals surface area contributed by atoms with Crippen molar-refractivity contribution in [3.05, 3.63) is 0 Å². The summed E-state index contributed by atoms with van der Waals surface area (Å²) in [7, 11) is 0. The third-order valence-electron chi connectivity index (χ3n) is 3.13. The fourth-order valence-corrected chi connectivity index (χ4v) is 1.96. The molecule has 0 amide bonds. The second-order valence-corrected chi connectivity index (χ2v) is 6.15. The van der Waals surface area contributed by atoms with Crippen molar-refractivity contribution in [2.75, 3.05) is 37.1 Å². The minimum absolute atomic E-state index is 0.00980. The van der Waals surface area contributed by atoms with Crippen molar-refractivity contribution in [3.8, 4) is 0 Å². The highest BCUT2D eigenvalue weighted by Gasteiger charge is 2.34. The molecular weight excluding hydrogens is 360 g/mol. The third kappa shape index (κ3) is 10.0. The number of ether oxygens (including phenoxy) is 3. The predicted molar refractivity (Wildman–Crippen MR) is 96.4 cm³/mol. The molecule has 0 saturated heterocycles. The van der Waals surface area contributed by atoms with E-state index in [1.807, 2.05) is 6.92 Å². The van der Waals surface area contributed by atoms with Crippen molar-refractivity contribution >= 4 is 55.8 Å². The smallest absolute Gasteiger partial charge is 0.315 e. The summed E-state index contributed by atoms with van der Waals surface area (Å²) in [4.78, 5) is 34.4. The lowest BCUT2D eigenvalue weighted by Gasteiger charge is -2.31. The Hall–Kier alpha value is -0.540. The Bertz CT molecular complexity index is 367. The fourth-order valence-electron chi connectivity index (χ4n) is 1.50. The number of hydrogen-bond donors (Lipinski definition) is 3. The summed E-state index contributed by atoms with van der Waals surface area (Å²) < 4.78 is 15.5. The molecule has 0 radical (unpaired) electrons. The number of rotatable bonds is 12. The molecule has 0 aromatic carbocycles. The van der Waals surface area contributed by atoms with Gasteiger partial charge in [0, 0.05) is 11.5 Å². The number of esters is 3. The van der Waals surface area contributed by atoms with Gasteiger partial charge >= 0.3 is 17.9 Å².